The molecule has 0 aliphatic rings. The summed E-state index contributed by atoms with van der Waals surface area (Å²) >= 11 is 7.27. The van der Waals surface area contributed by atoms with Crippen LogP contribution in [-0.4, -0.2) is 0 Å². The van der Waals surface area contributed by atoms with Crippen molar-refractivity contribution in [1.29, 1.82) is 0 Å². The number of aromatic nitrogens is 1. The summed E-state index contributed by atoms with van der Waals surface area (Å²) in [5, 5.41) is 2.03. The third-order valence-corrected chi connectivity index (χ3v) is 2.57. The fourth-order valence-electron chi connectivity index (χ4n) is 0.431. The number of rotatable bonds is 0. The van der Waals surface area contributed by atoms with Crippen LogP contribution >= 0.6 is 22.9 Å². The average molecular weight is 184 g/mol. The molecule has 0 aliphatic carbocycles. The molecule has 1 aromatic rings. The third kappa shape index (κ3) is 1.81. The summed E-state index contributed by atoms with van der Waals surface area (Å²) in [7, 11) is 1.95. The van der Waals surface area contributed by atoms with E-state index >= 15 is 0 Å². The molecule has 0 saturated heterocycles. The Labute approximate surface area is 69.7 Å². The monoisotopic (exact) mass is 183 g/mol. The molecule has 1 rings (SSSR count). The minimum absolute atomic E-state index is 0. The quantitative estimate of drug-likeness (QED) is 0.434. The van der Waals surface area contributed by atoms with Crippen molar-refractivity contribution in [1.82, 2.24) is 0 Å². The molecule has 9 heavy (non-hydrogen) atoms. The van der Waals surface area contributed by atoms with Crippen LogP contribution in [0.2, 0.25) is 4.47 Å². The van der Waals surface area contributed by atoms with Crippen molar-refractivity contribution >= 4 is 22.9 Å². The molecule has 0 aliphatic heterocycles. The van der Waals surface area contributed by atoms with E-state index in [9.17, 15) is 0 Å². The largest absolute Gasteiger partial charge is 1.00 e. The molecular formula is C5H7Cl2NS. The van der Waals surface area contributed by atoms with Crippen molar-refractivity contribution in [2.24, 2.45) is 7.05 Å². The Morgan fingerprint density at radius 2 is 2.22 bits per heavy atom. The molecule has 0 aromatic carbocycles. The van der Waals surface area contributed by atoms with Crippen LogP contribution in [0.15, 0.2) is 5.38 Å². The van der Waals surface area contributed by atoms with E-state index in [1.165, 1.54) is 5.69 Å². The molecule has 4 heteroatoms. The summed E-state index contributed by atoms with van der Waals surface area (Å²) in [5.74, 6) is 0. The molecule has 0 spiro atoms. The van der Waals surface area contributed by atoms with Crippen LogP contribution < -0.4 is 17.0 Å². The van der Waals surface area contributed by atoms with Crippen molar-refractivity contribution < 1.29 is 17.0 Å². The van der Waals surface area contributed by atoms with Gasteiger partial charge in [0.25, 0.3) is 0 Å². The summed E-state index contributed by atoms with van der Waals surface area (Å²) in [6, 6.07) is 0. The maximum Gasteiger partial charge on any atom is 0.333 e. The second-order valence-corrected chi connectivity index (χ2v) is 3.13. The molecule has 0 amide bonds. The predicted molar refractivity (Wildman–Crippen MR) is 35.2 cm³/mol. The first-order chi connectivity index (χ1) is 3.72. The van der Waals surface area contributed by atoms with E-state index in [0.717, 1.165) is 4.47 Å². The van der Waals surface area contributed by atoms with E-state index in [1.54, 1.807) is 11.3 Å². The Morgan fingerprint density at radius 1 is 1.67 bits per heavy atom. The molecule has 0 bridgehead atoms. The van der Waals surface area contributed by atoms with E-state index in [0.29, 0.717) is 0 Å². The lowest BCUT2D eigenvalue weighted by atomic mass is 10.6. The zero-order chi connectivity index (χ0) is 6.15. The topological polar surface area (TPSA) is 3.88 Å². The second-order valence-electron chi connectivity index (χ2n) is 1.69. The van der Waals surface area contributed by atoms with E-state index in [-0.39, 0.29) is 12.4 Å². The lowest BCUT2D eigenvalue weighted by Gasteiger charge is -1.78. The van der Waals surface area contributed by atoms with Crippen LogP contribution in [0.1, 0.15) is 5.69 Å². The highest BCUT2D eigenvalue weighted by Gasteiger charge is 2.07. The molecule has 1 heterocycles. The van der Waals surface area contributed by atoms with Gasteiger partial charge >= 0.3 is 4.47 Å². The third-order valence-electron chi connectivity index (χ3n) is 1.12. The van der Waals surface area contributed by atoms with Gasteiger partial charge in [0.15, 0.2) is 5.69 Å². The molecule has 1 nitrogen and oxygen atoms in total. The number of aryl methyl sites for hydroxylation is 1. The minimum Gasteiger partial charge on any atom is -1.00 e. The number of halogens is 2. The van der Waals surface area contributed by atoms with Crippen molar-refractivity contribution in [3.05, 3.63) is 15.5 Å². The highest BCUT2D eigenvalue weighted by molar-refractivity contribution is 7.13. The van der Waals surface area contributed by atoms with E-state index in [4.69, 9.17) is 11.6 Å². The summed E-state index contributed by atoms with van der Waals surface area (Å²) in [6.07, 6.45) is 0. The fourth-order valence-corrected chi connectivity index (χ4v) is 1.43. The summed E-state index contributed by atoms with van der Waals surface area (Å²) in [5.41, 5.74) is 1.21. The van der Waals surface area contributed by atoms with Gasteiger partial charge in [-0.2, -0.15) is 4.57 Å². The lowest BCUT2D eigenvalue weighted by Crippen LogP contribution is -3.00. The van der Waals surface area contributed by atoms with Gasteiger partial charge in [0, 0.05) is 18.5 Å². The fraction of sp³-hybridized carbons (Fsp3) is 0.400. The summed E-state index contributed by atoms with van der Waals surface area (Å²) in [4.78, 5) is 0. The summed E-state index contributed by atoms with van der Waals surface area (Å²) < 4.78 is 2.79. The first-order valence-electron chi connectivity index (χ1n) is 2.31. The molecule has 0 radical (unpaired) electrons. The van der Waals surface area contributed by atoms with Crippen molar-refractivity contribution in [3.8, 4) is 0 Å². The Kier molecular flexibility index (Phi) is 3.48. The summed E-state index contributed by atoms with van der Waals surface area (Å²) in [6.45, 7) is 2.03. The van der Waals surface area contributed by atoms with Gasteiger partial charge in [-0.1, -0.05) is 11.3 Å². The van der Waals surface area contributed by atoms with Crippen molar-refractivity contribution in [3.63, 3.8) is 0 Å². The van der Waals surface area contributed by atoms with E-state index in [2.05, 4.69) is 0 Å². The lowest BCUT2D eigenvalue weighted by molar-refractivity contribution is -0.670. The van der Waals surface area contributed by atoms with Crippen LogP contribution in [0, 0.1) is 6.92 Å². The van der Waals surface area contributed by atoms with Gasteiger partial charge in [-0.3, -0.25) is 0 Å². The zero-order valence-electron chi connectivity index (χ0n) is 5.19. The van der Waals surface area contributed by atoms with Crippen molar-refractivity contribution in [2.45, 2.75) is 6.92 Å². The highest BCUT2D eigenvalue weighted by Crippen LogP contribution is 2.10. The molecule has 1 aromatic heterocycles. The SMILES string of the molecule is Cc1csc(Cl)[n+]1C.[Cl-]. The second kappa shape index (κ2) is 3.40. The smallest absolute Gasteiger partial charge is 0.333 e. The number of nitrogens with zero attached hydrogens (tertiary/aromatic N) is 1. The Bertz CT molecular complexity index is 177. The van der Waals surface area contributed by atoms with Gasteiger partial charge in [0.1, 0.15) is 7.05 Å². The standard InChI is InChI=1S/C5H7ClNS.ClH/c1-4-3-8-5(6)7(4)2;/h3H,1-2H3;1H/q+1;/p-1. The number of hydrogen-bond acceptors (Lipinski definition) is 1. The normalized spacial score (nSPS) is 8.78. The van der Waals surface area contributed by atoms with Crippen molar-refractivity contribution in [2.75, 3.05) is 0 Å². The van der Waals surface area contributed by atoms with Gasteiger partial charge in [-0.05, 0) is 0 Å². The van der Waals surface area contributed by atoms with Gasteiger partial charge < -0.3 is 12.4 Å². The van der Waals surface area contributed by atoms with Gasteiger partial charge in [-0.25, -0.2) is 0 Å². The first kappa shape index (κ1) is 9.21. The molecular weight excluding hydrogens is 177 g/mol. The Hall–Kier alpha value is 0.210. The van der Waals surface area contributed by atoms with Crippen LogP contribution in [0.3, 0.4) is 0 Å². The average Bonchev–Trinajstić information content (AvgIpc) is 1.98. The van der Waals surface area contributed by atoms with E-state index in [1.807, 2.05) is 23.9 Å². The zero-order valence-corrected chi connectivity index (χ0v) is 7.52. The molecule has 52 valence electrons. The molecule has 0 unspecified atom stereocenters. The van der Waals surface area contributed by atoms with Gasteiger partial charge in [0.2, 0.25) is 0 Å². The molecule has 0 atom stereocenters. The van der Waals surface area contributed by atoms with E-state index < -0.39 is 0 Å². The maximum absolute atomic E-state index is 5.71. The Morgan fingerprint density at radius 3 is 2.33 bits per heavy atom. The minimum atomic E-state index is 0. The predicted octanol–water partition coefficient (Wildman–Crippen LogP) is -1.46. The maximum atomic E-state index is 5.71. The van der Waals surface area contributed by atoms with Crippen LogP contribution in [0.4, 0.5) is 0 Å². The van der Waals surface area contributed by atoms with Crippen LogP contribution in [-0.2, 0) is 7.05 Å². The highest BCUT2D eigenvalue weighted by atomic mass is 35.5. The number of thiazole rings is 1. The van der Waals surface area contributed by atoms with Gasteiger partial charge in [0.05, 0.1) is 5.38 Å². The first-order valence-corrected chi connectivity index (χ1v) is 3.57. The molecule has 0 N–H and O–H groups in total. The van der Waals surface area contributed by atoms with Gasteiger partial charge in [-0.15, -0.1) is 0 Å². The van der Waals surface area contributed by atoms with Crippen LogP contribution in [0.5, 0.6) is 0 Å². The molecule has 0 saturated carbocycles. The number of hydrogen-bond donors (Lipinski definition) is 0. The molecule has 0 fully saturated rings. The Balaban J connectivity index is 0.000000640. The van der Waals surface area contributed by atoms with Crippen LogP contribution in [0.25, 0.3) is 0 Å².